The lowest BCUT2D eigenvalue weighted by Crippen LogP contribution is -2.35. The van der Waals surface area contributed by atoms with E-state index in [0.717, 1.165) is 0 Å². The molecule has 0 saturated heterocycles. The molecule has 0 fully saturated rings. The van der Waals surface area contributed by atoms with Gasteiger partial charge in [0.2, 0.25) is 0 Å². The maximum absolute atomic E-state index is 11.8. The molecule has 1 unspecified atom stereocenters. The summed E-state index contributed by atoms with van der Waals surface area (Å²) >= 11 is 0. The second-order valence-electron chi connectivity index (χ2n) is 2.70. The average molecular weight is 204 g/mol. The molecular weight excluding hydrogens is 194 g/mol. The van der Waals surface area contributed by atoms with Gasteiger partial charge in [-0.1, -0.05) is 0 Å². The van der Waals surface area contributed by atoms with Crippen molar-refractivity contribution in [2.75, 3.05) is 6.54 Å². The molecule has 1 aromatic heterocycles. The molecule has 1 atom stereocenters. The minimum Gasteiger partial charge on any atom is -0.385 e. The van der Waals surface area contributed by atoms with Crippen LogP contribution in [-0.4, -0.2) is 35.1 Å². The van der Waals surface area contributed by atoms with Gasteiger partial charge in [0.1, 0.15) is 11.8 Å². The lowest BCUT2D eigenvalue weighted by molar-refractivity contribution is -0.00272. The van der Waals surface area contributed by atoms with Crippen molar-refractivity contribution in [1.29, 1.82) is 0 Å². The number of carbonyl (C=O) groups excluding carboxylic acids is 1. The highest BCUT2D eigenvalue weighted by molar-refractivity contribution is 5.92. The summed E-state index contributed by atoms with van der Waals surface area (Å²) in [5, 5.41) is 10.9. The first-order valence-electron chi connectivity index (χ1n) is 3.99. The molecule has 0 spiro atoms. The van der Waals surface area contributed by atoms with E-state index in [9.17, 15) is 13.6 Å². The molecule has 0 saturated carbocycles. The van der Waals surface area contributed by atoms with Gasteiger partial charge in [-0.05, 0) is 12.1 Å². The summed E-state index contributed by atoms with van der Waals surface area (Å²) in [7, 11) is 0. The summed E-state index contributed by atoms with van der Waals surface area (Å²) in [5.74, 6) is -0.519. The highest BCUT2D eigenvalue weighted by Crippen LogP contribution is 1.99. The van der Waals surface area contributed by atoms with Crippen molar-refractivity contribution < 1.29 is 18.7 Å². The topological polar surface area (TPSA) is 65.1 Å². The highest BCUT2D eigenvalue weighted by atomic mass is 19.3. The number of aliphatic hydroxyl groups is 1. The molecule has 0 aromatic carbocycles. The molecule has 3 N–H and O–H groups in total. The Morgan fingerprint density at radius 3 is 2.86 bits per heavy atom. The summed E-state index contributed by atoms with van der Waals surface area (Å²) in [6, 6.07) is 3.11. The zero-order valence-corrected chi connectivity index (χ0v) is 7.21. The molecule has 4 nitrogen and oxygen atoms in total. The third-order valence-electron chi connectivity index (χ3n) is 1.61. The predicted molar refractivity (Wildman–Crippen MR) is 45.1 cm³/mol. The van der Waals surface area contributed by atoms with Gasteiger partial charge in [-0.2, -0.15) is 0 Å². The third kappa shape index (κ3) is 2.81. The zero-order chi connectivity index (χ0) is 10.6. The van der Waals surface area contributed by atoms with E-state index in [4.69, 9.17) is 5.11 Å². The van der Waals surface area contributed by atoms with Crippen LogP contribution in [0.1, 0.15) is 10.5 Å². The molecule has 0 radical (unpaired) electrons. The van der Waals surface area contributed by atoms with Gasteiger partial charge in [0.05, 0.1) is 0 Å². The number of amides is 1. The molecule has 1 rings (SSSR count). The van der Waals surface area contributed by atoms with Crippen LogP contribution in [0.4, 0.5) is 8.78 Å². The second kappa shape index (κ2) is 4.71. The van der Waals surface area contributed by atoms with Crippen molar-refractivity contribution in [1.82, 2.24) is 10.3 Å². The van der Waals surface area contributed by atoms with Gasteiger partial charge in [0.25, 0.3) is 12.3 Å². The van der Waals surface area contributed by atoms with E-state index in [1.54, 1.807) is 12.3 Å². The van der Waals surface area contributed by atoms with Crippen molar-refractivity contribution in [3.05, 3.63) is 24.0 Å². The summed E-state index contributed by atoms with van der Waals surface area (Å²) in [5.41, 5.74) is 0.270. The van der Waals surface area contributed by atoms with Gasteiger partial charge in [-0.3, -0.25) is 4.79 Å². The SMILES string of the molecule is O=C(NCC(O)C(F)F)c1ccc[nH]1. The first kappa shape index (κ1) is 10.6. The lowest BCUT2D eigenvalue weighted by atomic mass is 10.3. The quantitative estimate of drug-likeness (QED) is 0.663. The first-order chi connectivity index (χ1) is 6.61. The van der Waals surface area contributed by atoms with E-state index in [1.165, 1.54) is 6.07 Å². The summed E-state index contributed by atoms with van der Waals surface area (Å²) in [4.78, 5) is 13.7. The molecule has 0 aliphatic carbocycles. The van der Waals surface area contributed by atoms with E-state index in [0.29, 0.717) is 0 Å². The number of aromatic nitrogens is 1. The molecule has 6 heteroatoms. The molecular formula is C8H10F2N2O2. The maximum atomic E-state index is 11.8. The Bertz CT molecular complexity index is 288. The van der Waals surface area contributed by atoms with Crippen LogP contribution in [0.2, 0.25) is 0 Å². The molecule has 1 amide bonds. The van der Waals surface area contributed by atoms with E-state index >= 15 is 0 Å². The Morgan fingerprint density at radius 2 is 2.36 bits per heavy atom. The van der Waals surface area contributed by atoms with E-state index < -0.39 is 25.0 Å². The lowest BCUT2D eigenvalue weighted by Gasteiger charge is -2.09. The average Bonchev–Trinajstić information content (AvgIpc) is 2.66. The number of hydrogen-bond donors (Lipinski definition) is 3. The van der Waals surface area contributed by atoms with E-state index in [2.05, 4.69) is 10.3 Å². The maximum Gasteiger partial charge on any atom is 0.267 e. The van der Waals surface area contributed by atoms with E-state index in [-0.39, 0.29) is 5.69 Å². The Balaban J connectivity index is 2.36. The molecule has 14 heavy (non-hydrogen) atoms. The van der Waals surface area contributed by atoms with Crippen LogP contribution >= 0.6 is 0 Å². The number of nitrogens with one attached hydrogen (secondary N) is 2. The molecule has 0 aliphatic rings. The smallest absolute Gasteiger partial charge is 0.267 e. The standard InChI is InChI=1S/C8H10F2N2O2/c9-7(10)6(13)4-12-8(14)5-2-1-3-11-5/h1-3,6-7,11,13H,4H2,(H,12,14). The van der Waals surface area contributed by atoms with Crippen LogP contribution in [0, 0.1) is 0 Å². The third-order valence-corrected chi connectivity index (χ3v) is 1.61. The van der Waals surface area contributed by atoms with Crippen LogP contribution in [0.3, 0.4) is 0 Å². The number of hydrogen-bond acceptors (Lipinski definition) is 2. The number of alkyl halides is 2. The van der Waals surface area contributed by atoms with E-state index in [1.807, 2.05) is 0 Å². The van der Waals surface area contributed by atoms with Crippen molar-refractivity contribution in [3.63, 3.8) is 0 Å². The van der Waals surface area contributed by atoms with Crippen molar-refractivity contribution >= 4 is 5.91 Å². The Kier molecular flexibility index (Phi) is 3.58. The molecule has 0 aliphatic heterocycles. The number of rotatable bonds is 4. The molecule has 1 aromatic rings. The first-order valence-corrected chi connectivity index (χ1v) is 3.99. The summed E-state index contributed by atoms with van der Waals surface area (Å²) in [6.45, 7) is -0.463. The Hall–Kier alpha value is -1.43. The fraction of sp³-hybridized carbons (Fsp3) is 0.375. The van der Waals surface area contributed by atoms with Crippen LogP contribution in [-0.2, 0) is 0 Å². The van der Waals surface area contributed by atoms with Gasteiger partial charge in [0.15, 0.2) is 0 Å². The molecule has 1 heterocycles. The predicted octanol–water partition coefficient (Wildman–Crippen LogP) is 0.370. The van der Waals surface area contributed by atoms with Crippen LogP contribution < -0.4 is 5.32 Å². The molecule has 78 valence electrons. The molecule has 0 bridgehead atoms. The van der Waals surface area contributed by atoms with Gasteiger partial charge >= 0.3 is 0 Å². The van der Waals surface area contributed by atoms with Crippen LogP contribution in [0.5, 0.6) is 0 Å². The summed E-state index contributed by atoms with van der Waals surface area (Å²) < 4.78 is 23.6. The fourth-order valence-corrected chi connectivity index (χ4v) is 0.853. The second-order valence-corrected chi connectivity index (χ2v) is 2.70. The minimum absolute atomic E-state index is 0.270. The number of H-pyrrole nitrogens is 1. The van der Waals surface area contributed by atoms with Gasteiger partial charge in [-0.25, -0.2) is 8.78 Å². The normalized spacial score (nSPS) is 12.9. The van der Waals surface area contributed by atoms with Crippen molar-refractivity contribution in [2.45, 2.75) is 12.5 Å². The van der Waals surface area contributed by atoms with Gasteiger partial charge in [-0.15, -0.1) is 0 Å². The minimum atomic E-state index is -2.85. The number of carbonyl (C=O) groups is 1. The largest absolute Gasteiger partial charge is 0.385 e. The summed E-state index contributed by atoms with van der Waals surface area (Å²) in [6.07, 6.45) is -3.13. The Labute approximate surface area is 78.9 Å². The number of aromatic amines is 1. The zero-order valence-electron chi connectivity index (χ0n) is 7.21. The Morgan fingerprint density at radius 1 is 1.64 bits per heavy atom. The number of halogens is 2. The van der Waals surface area contributed by atoms with Crippen LogP contribution in [0.25, 0.3) is 0 Å². The number of aliphatic hydroxyl groups excluding tert-OH is 1. The van der Waals surface area contributed by atoms with Crippen molar-refractivity contribution in [2.24, 2.45) is 0 Å². The van der Waals surface area contributed by atoms with Gasteiger partial charge < -0.3 is 15.4 Å². The fourth-order valence-electron chi connectivity index (χ4n) is 0.853. The monoisotopic (exact) mass is 204 g/mol. The van der Waals surface area contributed by atoms with Crippen LogP contribution in [0.15, 0.2) is 18.3 Å². The highest BCUT2D eigenvalue weighted by Gasteiger charge is 2.17. The van der Waals surface area contributed by atoms with Gasteiger partial charge in [0, 0.05) is 12.7 Å². The van der Waals surface area contributed by atoms with Crippen molar-refractivity contribution in [3.8, 4) is 0 Å².